The van der Waals surface area contributed by atoms with Gasteiger partial charge < -0.3 is 14.3 Å². The number of hydrogen-bond acceptors (Lipinski definition) is 2. The van der Waals surface area contributed by atoms with Gasteiger partial charge >= 0.3 is 0 Å². The number of rotatable bonds is 3. The van der Waals surface area contributed by atoms with Gasteiger partial charge in [0.05, 0.1) is 13.2 Å². The summed E-state index contributed by atoms with van der Waals surface area (Å²) in [6, 6.07) is 8.30. The molecule has 1 aromatic carbocycles. The largest absolute Gasteiger partial charge is 0.497 e. The lowest BCUT2D eigenvalue weighted by atomic mass is 10.1. The zero-order valence-corrected chi connectivity index (χ0v) is 11.0. The molecule has 1 aromatic heterocycles. The summed E-state index contributed by atoms with van der Waals surface area (Å²) >= 11 is 5.28. The van der Waals surface area contributed by atoms with Gasteiger partial charge in [-0.05, 0) is 43.8 Å². The van der Waals surface area contributed by atoms with Crippen LogP contribution in [0.3, 0.4) is 0 Å². The summed E-state index contributed by atoms with van der Waals surface area (Å²) < 4.78 is 8.02. The third-order valence-electron chi connectivity index (χ3n) is 2.99. The van der Waals surface area contributed by atoms with E-state index in [2.05, 4.69) is 28.6 Å². The van der Waals surface area contributed by atoms with Crippen LogP contribution in [0.15, 0.2) is 30.5 Å². The zero-order chi connectivity index (χ0) is 12.4. The van der Waals surface area contributed by atoms with Crippen molar-refractivity contribution in [2.24, 2.45) is 0 Å². The molecule has 2 rings (SSSR count). The highest BCUT2D eigenvalue weighted by molar-refractivity contribution is 7.71. The predicted molar refractivity (Wildman–Crippen MR) is 71.2 cm³/mol. The van der Waals surface area contributed by atoms with E-state index >= 15 is 0 Å². The lowest BCUT2D eigenvalue weighted by molar-refractivity contribution is 0.414. The maximum absolute atomic E-state index is 5.28. The van der Waals surface area contributed by atoms with E-state index in [1.807, 2.05) is 25.3 Å². The van der Waals surface area contributed by atoms with E-state index < -0.39 is 0 Å². The molecule has 0 fully saturated rings. The molecule has 0 spiro atoms. The topological polar surface area (TPSA) is 29.9 Å². The molecule has 0 amide bonds. The average molecular weight is 248 g/mol. The number of methoxy groups -OCH3 is 1. The summed E-state index contributed by atoms with van der Waals surface area (Å²) in [5.74, 6) is 0.871. The summed E-state index contributed by atoms with van der Waals surface area (Å²) in [5.41, 5.74) is 2.35. The summed E-state index contributed by atoms with van der Waals surface area (Å²) in [5, 5.41) is 0. The van der Waals surface area contributed by atoms with E-state index in [1.165, 1.54) is 5.56 Å². The quantitative estimate of drug-likeness (QED) is 0.843. The maximum Gasteiger partial charge on any atom is 0.177 e. The Morgan fingerprint density at radius 2 is 1.94 bits per heavy atom. The lowest BCUT2D eigenvalue weighted by Gasteiger charge is -2.16. The number of aromatic nitrogens is 2. The molecule has 1 heterocycles. The minimum Gasteiger partial charge on any atom is -0.497 e. The number of ether oxygens (including phenoxy) is 1. The van der Waals surface area contributed by atoms with Crippen LogP contribution < -0.4 is 4.74 Å². The van der Waals surface area contributed by atoms with Crippen LogP contribution in [0, 0.1) is 11.7 Å². The van der Waals surface area contributed by atoms with Crippen LogP contribution in [-0.2, 0) is 0 Å². The standard InChI is InChI=1S/C13H16N2OS/c1-9-8-14-13(17)15(9)10(2)11-4-6-12(16-3)7-5-11/h4-8,10H,1-3H3,(H,14,17). The van der Waals surface area contributed by atoms with Crippen molar-refractivity contribution in [3.8, 4) is 5.75 Å². The highest BCUT2D eigenvalue weighted by Gasteiger charge is 2.10. The Morgan fingerprint density at radius 3 is 2.41 bits per heavy atom. The van der Waals surface area contributed by atoms with E-state index in [0.717, 1.165) is 16.2 Å². The first-order valence-electron chi connectivity index (χ1n) is 5.54. The van der Waals surface area contributed by atoms with Gasteiger partial charge in [-0.25, -0.2) is 0 Å². The molecule has 1 atom stereocenters. The molecule has 0 aliphatic carbocycles. The number of nitrogens with zero attached hydrogens (tertiary/aromatic N) is 1. The third-order valence-corrected chi connectivity index (χ3v) is 3.30. The molecule has 3 nitrogen and oxygen atoms in total. The van der Waals surface area contributed by atoms with Gasteiger partial charge in [-0.2, -0.15) is 0 Å². The fourth-order valence-corrected chi connectivity index (χ4v) is 2.34. The second-order valence-corrected chi connectivity index (χ2v) is 4.44. The average Bonchev–Trinajstić information content (AvgIpc) is 2.68. The monoisotopic (exact) mass is 248 g/mol. The van der Waals surface area contributed by atoms with Gasteiger partial charge in [0.2, 0.25) is 0 Å². The van der Waals surface area contributed by atoms with Crippen molar-refractivity contribution >= 4 is 12.2 Å². The van der Waals surface area contributed by atoms with Crippen LogP contribution in [0.4, 0.5) is 0 Å². The summed E-state index contributed by atoms with van der Waals surface area (Å²) in [6.45, 7) is 4.19. The highest BCUT2D eigenvalue weighted by atomic mass is 32.1. The van der Waals surface area contributed by atoms with Gasteiger partial charge in [0, 0.05) is 11.9 Å². The minimum atomic E-state index is 0.222. The van der Waals surface area contributed by atoms with Crippen LogP contribution in [-0.4, -0.2) is 16.7 Å². The molecule has 0 radical (unpaired) electrons. The molecule has 90 valence electrons. The van der Waals surface area contributed by atoms with E-state index in [4.69, 9.17) is 17.0 Å². The number of nitrogens with one attached hydrogen (secondary N) is 1. The van der Waals surface area contributed by atoms with Crippen LogP contribution in [0.25, 0.3) is 0 Å². The van der Waals surface area contributed by atoms with Gasteiger partial charge in [0.15, 0.2) is 4.77 Å². The second kappa shape index (κ2) is 4.75. The normalized spacial score (nSPS) is 12.4. The Bertz CT molecular complexity index is 554. The van der Waals surface area contributed by atoms with Gasteiger partial charge in [-0.1, -0.05) is 12.1 Å². The van der Waals surface area contributed by atoms with Crippen molar-refractivity contribution in [2.75, 3.05) is 7.11 Å². The SMILES string of the molecule is COc1ccc(C(C)n2c(C)c[nH]c2=S)cc1. The minimum absolute atomic E-state index is 0.222. The van der Waals surface area contributed by atoms with E-state index in [0.29, 0.717) is 0 Å². The third kappa shape index (κ3) is 2.26. The van der Waals surface area contributed by atoms with Gasteiger partial charge in [0.1, 0.15) is 5.75 Å². The Hall–Kier alpha value is -1.55. The number of aryl methyl sites for hydroxylation is 1. The van der Waals surface area contributed by atoms with Gasteiger partial charge in [0.25, 0.3) is 0 Å². The Labute approximate surface area is 106 Å². The predicted octanol–water partition coefficient (Wildman–Crippen LogP) is 3.47. The first-order valence-corrected chi connectivity index (χ1v) is 5.94. The van der Waals surface area contributed by atoms with Crippen LogP contribution >= 0.6 is 12.2 Å². The van der Waals surface area contributed by atoms with Crippen LogP contribution in [0.2, 0.25) is 0 Å². The highest BCUT2D eigenvalue weighted by Crippen LogP contribution is 2.22. The van der Waals surface area contributed by atoms with Crippen molar-refractivity contribution in [3.63, 3.8) is 0 Å². The molecule has 2 aromatic rings. The molecular weight excluding hydrogens is 232 g/mol. The Morgan fingerprint density at radius 1 is 1.29 bits per heavy atom. The maximum atomic E-state index is 5.28. The molecule has 0 saturated carbocycles. The van der Waals surface area contributed by atoms with Crippen molar-refractivity contribution < 1.29 is 4.74 Å². The van der Waals surface area contributed by atoms with Crippen LogP contribution in [0.1, 0.15) is 24.2 Å². The van der Waals surface area contributed by atoms with Crippen molar-refractivity contribution in [3.05, 3.63) is 46.5 Å². The molecule has 0 aliphatic heterocycles. The fourth-order valence-electron chi connectivity index (χ4n) is 1.98. The van der Waals surface area contributed by atoms with Crippen molar-refractivity contribution in [1.82, 2.24) is 9.55 Å². The van der Waals surface area contributed by atoms with Crippen molar-refractivity contribution in [1.29, 1.82) is 0 Å². The molecule has 1 N–H and O–H groups in total. The number of hydrogen-bond donors (Lipinski definition) is 1. The molecular formula is C13H16N2OS. The number of H-pyrrole nitrogens is 1. The van der Waals surface area contributed by atoms with Crippen molar-refractivity contribution in [2.45, 2.75) is 19.9 Å². The number of aromatic amines is 1. The smallest absolute Gasteiger partial charge is 0.177 e. The Balaban J connectivity index is 2.37. The first kappa shape index (κ1) is 11.9. The Kier molecular flexibility index (Phi) is 3.33. The molecule has 1 unspecified atom stereocenters. The first-order chi connectivity index (χ1) is 8.13. The number of imidazole rings is 1. The molecule has 0 aliphatic rings. The van der Waals surface area contributed by atoms with Crippen LogP contribution in [0.5, 0.6) is 5.75 Å². The van der Waals surface area contributed by atoms with Gasteiger partial charge in [-0.15, -0.1) is 0 Å². The molecule has 17 heavy (non-hydrogen) atoms. The van der Waals surface area contributed by atoms with E-state index in [-0.39, 0.29) is 6.04 Å². The summed E-state index contributed by atoms with van der Waals surface area (Å²) in [7, 11) is 1.67. The van der Waals surface area contributed by atoms with E-state index in [1.54, 1.807) is 7.11 Å². The number of benzene rings is 1. The van der Waals surface area contributed by atoms with Gasteiger partial charge in [-0.3, -0.25) is 0 Å². The second-order valence-electron chi connectivity index (χ2n) is 4.05. The summed E-state index contributed by atoms with van der Waals surface area (Å²) in [6.07, 6.45) is 1.93. The molecule has 0 bridgehead atoms. The van der Waals surface area contributed by atoms with E-state index in [9.17, 15) is 0 Å². The fraction of sp³-hybridized carbons (Fsp3) is 0.308. The summed E-state index contributed by atoms with van der Waals surface area (Å²) in [4.78, 5) is 3.06. The lowest BCUT2D eigenvalue weighted by Crippen LogP contribution is -2.08. The molecule has 4 heteroatoms. The molecule has 0 saturated heterocycles. The zero-order valence-electron chi connectivity index (χ0n) is 10.2.